The van der Waals surface area contributed by atoms with E-state index in [0.29, 0.717) is 0 Å². The average Bonchev–Trinajstić information content (AvgIpc) is 2.69. The molecule has 1 N–H and O–H groups in total. The molecule has 2 aromatic rings. The Morgan fingerprint density at radius 3 is 2.55 bits per heavy atom. The maximum Gasteiger partial charge on any atom is 0.135 e. The molecule has 0 radical (unpaired) electrons. The number of aryl methyl sites for hydroxylation is 3. The number of benzene rings is 1. The van der Waals surface area contributed by atoms with Crippen molar-refractivity contribution in [2.75, 3.05) is 18.5 Å². The number of aromatic nitrogens is 2. The van der Waals surface area contributed by atoms with E-state index in [2.05, 4.69) is 60.4 Å². The molecule has 0 aliphatic rings. The molecule has 0 amide bonds. The summed E-state index contributed by atoms with van der Waals surface area (Å²) in [6, 6.07) is 8.49. The van der Waals surface area contributed by atoms with Crippen molar-refractivity contribution >= 4 is 11.5 Å². The second-order valence-corrected chi connectivity index (χ2v) is 5.07. The second-order valence-electron chi connectivity index (χ2n) is 5.07. The van der Waals surface area contributed by atoms with E-state index in [0.717, 1.165) is 18.8 Å². The molecule has 0 spiro atoms. The molecular formula is C16H24N4. The summed E-state index contributed by atoms with van der Waals surface area (Å²) in [4.78, 5) is 2.34. The number of hydrogen-bond acceptors (Lipinski definition) is 3. The predicted molar refractivity (Wildman–Crippen MR) is 84.6 cm³/mol. The molecule has 1 aromatic heterocycles. The van der Waals surface area contributed by atoms with Crippen molar-refractivity contribution in [3.63, 3.8) is 0 Å². The van der Waals surface area contributed by atoms with Gasteiger partial charge in [-0.3, -0.25) is 4.68 Å². The van der Waals surface area contributed by atoms with E-state index >= 15 is 0 Å². The molecule has 4 heteroatoms. The molecule has 0 aliphatic heterocycles. The summed E-state index contributed by atoms with van der Waals surface area (Å²) in [6.45, 7) is 8.15. The fourth-order valence-corrected chi connectivity index (χ4v) is 2.71. The smallest absolute Gasteiger partial charge is 0.135 e. The van der Waals surface area contributed by atoms with E-state index in [1.54, 1.807) is 0 Å². The normalized spacial score (nSPS) is 10.8. The number of nitrogens with zero attached hydrogens (tertiary/aromatic N) is 3. The van der Waals surface area contributed by atoms with Crippen LogP contribution < -0.4 is 10.2 Å². The van der Waals surface area contributed by atoms with Gasteiger partial charge in [-0.1, -0.05) is 18.2 Å². The summed E-state index contributed by atoms with van der Waals surface area (Å²) in [5.41, 5.74) is 4.88. The molecule has 0 aliphatic carbocycles. The highest BCUT2D eigenvalue weighted by Gasteiger charge is 2.20. The maximum atomic E-state index is 4.59. The molecule has 2 rings (SSSR count). The van der Waals surface area contributed by atoms with Gasteiger partial charge < -0.3 is 10.2 Å². The lowest BCUT2D eigenvalue weighted by molar-refractivity contribution is 0.739. The summed E-state index contributed by atoms with van der Waals surface area (Å²) in [5, 5.41) is 7.83. The van der Waals surface area contributed by atoms with E-state index < -0.39 is 0 Å². The quantitative estimate of drug-likeness (QED) is 0.908. The Morgan fingerprint density at radius 1 is 1.25 bits per heavy atom. The van der Waals surface area contributed by atoms with Crippen LogP contribution >= 0.6 is 0 Å². The third-order valence-electron chi connectivity index (χ3n) is 3.64. The van der Waals surface area contributed by atoms with Gasteiger partial charge in [-0.15, -0.1) is 0 Å². The first-order valence-corrected chi connectivity index (χ1v) is 7.10. The van der Waals surface area contributed by atoms with E-state index in [9.17, 15) is 0 Å². The third-order valence-corrected chi connectivity index (χ3v) is 3.64. The minimum Gasteiger partial charge on any atom is -0.326 e. The Morgan fingerprint density at radius 2 is 1.95 bits per heavy atom. The van der Waals surface area contributed by atoms with Crippen LogP contribution in [-0.2, 0) is 13.6 Å². The Labute approximate surface area is 121 Å². The van der Waals surface area contributed by atoms with Crippen LogP contribution in [0.2, 0.25) is 0 Å². The van der Waals surface area contributed by atoms with Crippen LogP contribution in [0.5, 0.6) is 0 Å². The van der Waals surface area contributed by atoms with Gasteiger partial charge in [0.1, 0.15) is 5.82 Å². The van der Waals surface area contributed by atoms with E-state index in [1.807, 2.05) is 18.8 Å². The zero-order chi connectivity index (χ0) is 14.7. The first-order chi connectivity index (χ1) is 9.60. The number of anilines is 2. The fourth-order valence-electron chi connectivity index (χ4n) is 2.71. The van der Waals surface area contributed by atoms with E-state index in [-0.39, 0.29) is 0 Å². The molecule has 4 nitrogen and oxygen atoms in total. The molecule has 1 heterocycles. The summed E-state index contributed by atoms with van der Waals surface area (Å²) < 4.78 is 1.98. The minimum atomic E-state index is 0.831. The molecule has 0 atom stereocenters. The molecular weight excluding hydrogens is 248 g/mol. The van der Waals surface area contributed by atoms with Crippen LogP contribution in [0.25, 0.3) is 0 Å². The van der Waals surface area contributed by atoms with Crippen molar-refractivity contribution in [1.29, 1.82) is 0 Å². The molecule has 0 saturated heterocycles. The van der Waals surface area contributed by atoms with Gasteiger partial charge >= 0.3 is 0 Å². The molecule has 0 bridgehead atoms. The van der Waals surface area contributed by atoms with Crippen LogP contribution in [0.3, 0.4) is 0 Å². The van der Waals surface area contributed by atoms with Crippen LogP contribution in [0, 0.1) is 13.8 Å². The predicted octanol–water partition coefficient (Wildman–Crippen LogP) is 2.91. The maximum absolute atomic E-state index is 4.59. The van der Waals surface area contributed by atoms with Crippen LogP contribution in [0.15, 0.2) is 24.3 Å². The number of hydrogen-bond donors (Lipinski definition) is 1. The standard InChI is InChI=1S/C16H24N4/c1-6-20(15-10-8-7-9-12(15)2)16-14(11-17-4)13(3)18-19(16)5/h7-10,17H,6,11H2,1-5H3. The van der Waals surface area contributed by atoms with Gasteiger partial charge in [0, 0.05) is 31.4 Å². The first kappa shape index (κ1) is 14.6. The largest absolute Gasteiger partial charge is 0.326 e. The third kappa shape index (κ3) is 2.56. The summed E-state index contributed by atoms with van der Waals surface area (Å²) in [5.74, 6) is 1.17. The number of nitrogens with one attached hydrogen (secondary N) is 1. The Hall–Kier alpha value is -1.81. The van der Waals surface area contributed by atoms with Crippen molar-refractivity contribution in [1.82, 2.24) is 15.1 Å². The minimum absolute atomic E-state index is 0.831. The first-order valence-electron chi connectivity index (χ1n) is 7.10. The SMILES string of the molecule is CCN(c1ccccc1C)c1c(CNC)c(C)nn1C. The number of rotatable bonds is 5. The number of para-hydroxylation sites is 1. The molecule has 1 aromatic carbocycles. The fraction of sp³-hybridized carbons (Fsp3) is 0.438. The van der Waals surface area contributed by atoms with E-state index in [1.165, 1.54) is 22.6 Å². The monoisotopic (exact) mass is 272 g/mol. The van der Waals surface area contributed by atoms with Crippen LogP contribution in [-0.4, -0.2) is 23.4 Å². The second kappa shape index (κ2) is 6.09. The van der Waals surface area contributed by atoms with Gasteiger partial charge in [0.05, 0.1) is 5.69 Å². The highest BCUT2D eigenvalue weighted by molar-refractivity contribution is 5.67. The summed E-state index contributed by atoms with van der Waals surface area (Å²) >= 11 is 0. The van der Waals surface area contributed by atoms with Crippen molar-refractivity contribution < 1.29 is 0 Å². The Bertz CT molecular complexity index is 586. The molecule has 0 unspecified atom stereocenters. The topological polar surface area (TPSA) is 33.1 Å². The Balaban J connectivity index is 2.55. The van der Waals surface area contributed by atoms with Crippen LogP contribution in [0.4, 0.5) is 11.5 Å². The van der Waals surface area contributed by atoms with Crippen molar-refractivity contribution in [2.24, 2.45) is 7.05 Å². The Kier molecular flexibility index (Phi) is 4.45. The van der Waals surface area contributed by atoms with Gasteiger partial charge in [-0.25, -0.2) is 0 Å². The molecule has 108 valence electrons. The van der Waals surface area contributed by atoms with Gasteiger partial charge in [0.25, 0.3) is 0 Å². The van der Waals surface area contributed by atoms with Crippen molar-refractivity contribution in [3.8, 4) is 0 Å². The lowest BCUT2D eigenvalue weighted by Gasteiger charge is -2.26. The molecule has 0 fully saturated rings. The zero-order valence-corrected chi connectivity index (χ0v) is 13.1. The lowest BCUT2D eigenvalue weighted by atomic mass is 10.1. The van der Waals surface area contributed by atoms with E-state index in [4.69, 9.17) is 0 Å². The van der Waals surface area contributed by atoms with Gasteiger partial charge in [-0.05, 0) is 39.4 Å². The van der Waals surface area contributed by atoms with Gasteiger partial charge in [0.15, 0.2) is 0 Å². The summed E-state index contributed by atoms with van der Waals surface area (Å²) in [6.07, 6.45) is 0. The lowest BCUT2D eigenvalue weighted by Crippen LogP contribution is -2.22. The highest BCUT2D eigenvalue weighted by atomic mass is 15.4. The van der Waals surface area contributed by atoms with Crippen molar-refractivity contribution in [2.45, 2.75) is 27.3 Å². The van der Waals surface area contributed by atoms with Crippen LogP contribution in [0.1, 0.15) is 23.7 Å². The zero-order valence-electron chi connectivity index (χ0n) is 13.1. The summed E-state index contributed by atoms with van der Waals surface area (Å²) in [7, 11) is 3.99. The van der Waals surface area contributed by atoms with Crippen molar-refractivity contribution in [3.05, 3.63) is 41.1 Å². The highest BCUT2D eigenvalue weighted by Crippen LogP contribution is 2.31. The molecule has 0 saturated carbocycles. The van der Waals surface area contributed by atoms with Gasteiger partial charge in [0.2, 0.25) is 0 Å². The average molecular weight is 272 g/mol. The van der Waals surface area contributed by atoms with Gasteiger partial charge in [-0.2, -0.15) is 5.10 Å². The molecule has 20 heavy (non-hydrogen) atoms.